The van der Waals surface area contributed by atoms with Crippen molar-refractivity contribution in [3.05, 3.63) is 70.8 Å². The summed E-state index contributed by atoms with van der Waals surface area (Å²) >= 11 is 0. The number of amides is 1. The van der Waals surface area contributed by atoms with Gasteiger partial charge in [-0.15, -0.1) is 0 Å². The minimum atomic E-state index is -4.58. The van der Waals surface area contributed by atoms with Gasteiger partial charge in [0.05, 0.1) is 11.1 Å². The summed E-state index contributed by atoms with van der Waals surface area (Å²) in [5.41, 5.74) is -1.63. The Morgan fingerprint density at radius 3 is 2.38 bits per heavy atom. The van der Waals surface area contributed by atoms with Crippen molar-refractivity contribution >= 4 is 11.9 Å². The number of hydrogen-bond donors (Lipinski definition) is 1. The van der Waals surface area contributed by atoms with Crippen molar-refractivity contribution in [2.45, 2.75) is 12.7 Å². The predicted octanol–water partition coefficient (Wildman–Crippen LogP) is 3.46. The third kappa shape index (κ3) is 5.01. The van der Waals surface area contributed by atoms with Gasteiger partial charge >= 0.3 is 12.1 Å². The maximum Gasteiger partial charge on any atom is 0.416 e. The summed E-state index contributed by atoms with van der Waals surface area (Å²) < 4.78 is 69.2. The number of ether oxygens (including phenoxy) is 1. The summed E-state index contributed by atoms with van der Waals surface area (Å²) in [4.78, 5) is 23.3. The quantitative estimate of drug-likeness (QED) is 0.645. The minimum absolute atomic E-state index is 0.163. The highest BCUT2D eigenvalue weighted by atomic mass is 19.4. The molecule has 2 aromatic rings. The van der Waals surface area contributed by atoms with Crippen LogP contribution in [0.4, 0.5) is 22.0 Å². The van der Waals surface area contributed by atoms with Crippen molar-refractivity contribution in [1.82, 2.24) is 5.32 Å². The Balaban J connectivity index is 1.91. The first-order valence-electron chi connectivity index (χ1n) is 7.22. The SMILES string of the molecule is O=C(COC(=O)c1ccc(F)cc1F)NCc1ccccc1C(F)(F)F. The zero-order chi connectivity index (χ0) is 19.3. The van der Waals surface area contributed by atoms with Gasteiger partial charge in [0, 0.05) is 12.6 Å². The van der Waals surface area contributed by atoms with Crippen LogP contribution in [-0.4, -0.2) is 18.5 Å². The summed E-state index contributed by atoms with van der Waals surface area (Å²) in [5.74, 6) is -4.12. The molecule has 0 heterocycles. The summed E-state index contributed by atoms with van der Waals surface area (Å²) in [7, 11) is 0. The molecule has 0 unspecified atom stereocenters. The number of rotatable bonds is 5. The van der Waals surface area contributed by atoms with E-state index in [0.717, 1.165) is 18.2 Å². The van der Waals surface area contributed by atoms with Crippen LogP contribution in [0.3, 0.4) is 0 Å². The van der Waals surface area contributed by atoms with E-state index in [1.54, 1.807) is 0 Å². The summed E-state index contributed by atoms with van der Waals surface area (Å²) in [6.07, 6.45) is -4.58. The molecule has 0 aliphatic carbocycles. The van der Waals surface area contributed by atoms with E-state index in [1.165, 1.54) is 18.2 Å². The first-order chi connectivity index (χ1) is 12.2. The third-order valence-corrected chi connectivity index (χ3v) is 3.28. The third-order valence-electron chi connectivity index (χ3n) is 3.28. The van der Waals surface area contributed by atoms with Crippen LogP contribution in [0.5, 0.6) is 0 Å². The van der Waals surface area contributed by atoms with E-state index in [2.05, 4.69) is 10.1 Å². The normalized spacial score (nSPS) is 11.1. The average Bonchev–Trinajstić information content (AvgIpc) is 2.57. The highest BCUT2D eigenvalue weighted by Crippen LogP contribution is 2.31. The Kier molecular flexibility index (Phi) is 5.91. The van der Waals surface area contributed by atoms with Gasteiger partial charge in [0.25, 0.3) is 5.91 Å². The molecule has 0 radical (unpaired) electrons. The highest BCUT2D eigenvalue weighted by Gasteiger charge is 2.32. The Hall–Kier alpha value is -2.97. The molecule has 0 fully saturated rings. The fourth-order valence-electron chi connectivity index (χ4n) is 2.06. The highest BCUT2D eigenvalue weighted by molar-refractivity contribution is 5.91. The van der Waals surface area contributed by atoms with Crippen molar-refractivity contribution in [2.75, 3.05) is 6.61 Å². The van der Waals surface area contributed by atoms with E-state index >= 15 is 0 Å². The number of carbonyl (C=O) groups excluding carboxylic acids is 2. The van der Waals surface area contributed by atoms with Gasteiger partial charge in [0.1, 0.15) is 11.6 Å². The van der Waals surface area contributed by atoms with Gasteiger partial charge in [0.15, 0.2) is 6.61 Å². The van der Waals surface area contributed by atoms with E-state index in [0.29, 0.717) is 6.07 Å². The monoisotopic (exact) mass is 373 g/mol. The summed E-state index contributed by atoms with van der Waals surface area (Å²) in [6.45, 7) is -1.26. The molecule has 9 heteroatoms. The van der Waals surface area contributed by atoms with E-state index in [1.807, 2.05) is 0 Å². The fraction of sp³-hybridized carbons (Fsp3) is 0.176. The van der Waals surface area contributed by atoms with Gasteiger partial charge in [-0.1, -0.05) is 18.2 Å². The number of halogens is 5. The topological polar surface area (TPSA) is 55.4 Å². The van der Waals surface area contributed by atoms with Gasteiger partial charge in [-0.25, -0.2) is 13.6 Å². The minimum Gasteiger partial charge on any atom is -0.452 e. The van der Waals surface area contributed by atoms with Crippen molar-refractivity contribution in [3.8, 4) is 0 Å². The lowest BCUT2D eigenvalue weighted by Gasteiger charge is -2.13. The Labute approximate surface area is 144 Å². The fourth-order valence-corrected chi connectivity index (χ4v) is 2.06. The van der Waals surface area contributed by atoms with Crippen molar-refractivity contribution in [1.29, 1.82) is 0 Å². The van der Waals surface area contributed by atoms with Crippen molar-refractivity contribution in [3.63, 3.8) is 0 Å². The molecular formula is C17H12F5NO3. The van der Waals surface area contributed by atoms with E-state index in [-0.39, 0.29) is 5.56 Å². The molecule has 138 valence electrons. The summed E-state index contributed by atoms with van der Waals surface area (Å²) in [6, 6.07) is 6.84. The Morgan fingerprint density at radius 1 is 1.04 bits per heavy atom. The lowest BCUT2D eigenvalue weighted by Crippen LogP contribution is -2.29. The molecule has 0 spiro atoms. The lowest BCUT2D eigenvalue weighted by molar-refractivity contribution is -0.138. The van der Waals surface area contributed by atoms with Crippen LogP contribution in [0.2, 0.25) is 0 Å². The zero-order valence-corrected chi connectivity index (χ0v) is 13.1. The molecule has 2 aromatic carbocycles. The molecule has 0 aliphatic heterocycles. The number of esters is 1. The van der Waals surface area contributed by atoms with E-state index < -0.39 is 54.0 Å². The van der Waals surface area contributed by atoms with Crippen molar-refractivity contribution in [2.24, 2.45) is 0 Å². The van der Waals surface area contributed by atoms with Gasteiger partial charge in [-0.3, -0.25) is 4.79 Å². The number of hydrogen-bond acceptors (Lipinski definition) is 3. The molecule has 4 nitrogen and oxygen atoms in total. The second-order valence-electron chi connectivity index (χ2n) is 5.13. The lowest BCUT2D eigenvalue weighted by atomic mass is 10.1. The zero-order valence-electron chi connectivity index (χ0n) is 13.1. The van der Waals surface area contributed by atoms with Gasteiger partial charge in [0.2, 0.25) is 0 Å². The molecule has 0 saturated heterocycles. The van der Waals surface area contributed by atoms with Crippen LogP contribution in [0, 0.1) is 11.6 Å². The smallest absolute Gasteiger partial charge is 0.416 e. The van der Waals surface area contributed by atoms with Crippen LogP contribution in [-0.2, 0) is 22.3 Å². The van der Waals surface area contributed by atoms with Crippen LogP contribution >= 0.6 is 0 Å². The van der Waals surface area contributed by atoms with Gasteiger partial charge in [-0.2, -0.15) is 13.2 Å². The number of alkyl halides is 3. The van der Waals surface area contributed by atoms with Crippen LogP contribution in [0.25, 0.3) is 0 Å². The predicted molar refractivity (Wildman–Crippen MR) is 79.9 cm³/mol. The van der Waals surface area contributed by atoms with Crippen LogP contribution in [0.15, 0.2) is 42.5 Å². The van der Waals surface area contributed by atoms with E-state index in [4.69, 9.17) is 0 Å². The maximum absolute atomic E-state index is 13.4. The largest absolute Gasteiger partial charge is 0.452 e. The molecule has 2 rings (SSSR count). The molecular weight excluding hydrogens is 361 g/mol. The molecule has 1 amide bonds. The molecule has 0 saturated carbocycles. The number of nitrogens with one attached hydrogen (secondary N) is 1. The number of carbonyl (C=O) groups is 2. The second-order valence-corrected chi connectivity index (χ2v) is 5.13. The van der Waals surface area contributed by atoms with Gasteiger partial charge in [-0.05, 0) is 23.8 Å². The Morgan fingerprint density at radius 2 is 1.73 bits per heavy atom. The van der Waals surface area contributed by atoms with Crippen LogP contribution < -0.4 is 5.32 Å². The average molecular weight is 373 g/mol. The number of benzene rings is 2. The van der Waals surface area contributed by atoms with E-state index in [9.17, 15) is 31.5 Å². The second kappa shape index (κ2) is 7.94. The first-order valence-corrected chi connectivity index (χ1v) is 7.22. The molecule has 1 N–H and O–H groups in total. The molecule has 0 aromatic heterocycles. The summed E-state index contributed by atoms with van der Waals surface area (Å²) in [5, 5.41) is 2.17. The van der Waals surface area contributed by atoms with Crippen molar-refractivity contribution < 1.29 is 36.3 Å². The first kappa shape index (κ1) is 19.4. The van der Waals surface area contributed by atoms with Crippen LogP contribution in [0.1, 0.15) is 21.5 Å². The maximum atomic E-state index is 13.4. The molecule has 0 aliphatic rings. The molecule has 26 heavy (non-hydrogen) atoms. The van der Waals surface area contributed by atoms with Gasteiger partial charge < -0.3 is 10.1 Å². The molecule has 0 bridgehead atoms. The Bertz CT molecular complexity index is 820. The standard InChI is InChI=1S/C17H12F5NO3/c18-11-5-6-12(14(19)7-11)16(25)26-9-15(24)23-8-10-3-1-2-4-13(10)17(20,21)22/h1-7H,8-9H2,(H,23,24). The molecule has 0 atom stereocenters.